The van der Waals surface area contributed by atoms with E-state index in [0.29, 0.717) is 28.2 Å². The predicted octanol–water partition coefficient (Wildman–Crippen LogP) is 2.89. The molecule has 7 nitrogen and oxygen atoms in total. The van der Waals surface area contributed by atoms with Crippen LogP contribution >= 0.6 is 11.8 Å². The molecule has 4 N–H and O–H groups in total. The second-order valence-corrected chi connectivity index (χ2v) is 8.68. The molecule has 4 heterocycles. The van der Waals surface area contributed by atoms with Gasteiger partial charge in [-0.3, -0.25) is 0 Å². The van der Waals surface area contributed by atoms with Crippen molar-refractivity contribution in [3.8, 4) is 0 Å². The SMILES string of the molecule is Cc1c(Sc2ncc(N3CCC4(CC3)CO[C@@H](C)C4)nc2N)ccnc1N. The monoisotopic (exact) mass is 386 g/mol. The molecule has 2 saturated heterocycles. The highest BCUT2D eigenvalue weighted by Crippen LogP contribution is 2.42. The summed E-state index contributed by atoms with van der Waals surface area (Å²) in [5.41, 5.74) is 13.4. The van der Waals surface area contributed by atoms with Crippen molar-refractivity contribution in [1.82, 2.24) is 15.0 Å². The molecule has 0 radical (unpaired) electrons. The van der Waals surface area contributed by atoms with Gasteiger partial charge in [0.1, 0.15) is 16.7 Å². The molecule has 2 aliphatic heterocycles. The number of rotatable bonds is 3. The Labute approximate surface area is 163 Å². The van der Waals surface area contributed by atoms with Gasteiger partial charge in [-0.25, -0.2) is 15.0 Å². The highest BCUT2D eigenvalue weighted by Gasteiger charge is 2.41. The van der Waals surface area contributed by atoms with Gasteiger partial charge < -0.3 is 21.1 Å². The van der Waals surface area contributed by atoms with Crippen LogP contribution in [-0.4, -0.2) is 40.8 Å². The lowest BCUT2D eigenvalue weighted by atomic mass is 9.77. The molecule has 0 amide bonds. The molecule has 1 spiro atoms. The van der Waals surface area contributed by atoms with Crippen LogP contribution in [0.15, 0.2) is 28.4 Å². The first kappa shape index (κ1) is 18.3. The Balaban J connectivity index is 1.45. The molecule has 2 aromatic heterocycles. The number of ether oxygens (including phenoxy) is 1. The summed E-state index contributed by atoms with van der Waals surface area (Å²) < 4.78 is 5.81. The Bertz CT molecular complexity index is 837. The first-order chi connectivity index (χ1) is 13.0. The number of anilines is 3. The summed E-state index contributed by atoms with van der Waals surface area (Å²) >= 11 is 1.47. The Kier molecular flexibility index (Phi) is 4.86. The zero-order valence-electron chi connectivity index (χ0n) is 15.8. The second-order valence-electron chi connectivity index (χ2n) is 7.65. The highest BCUT2D eigenvalue weighted by atomic mass is 32.2. The molecule has 1 atom stereocenters. The van der Waals surface area contributed by atoms with Crippen LogP contribution in [0.1, 0.15) is 31.7 Å². The lowest BCUT2D eigenvalue weighted by Gasteiger charge is -2.38. The van der Waals surface area contributed by atoms with Crippen LogP contribution in [0.4, 0.5) is 17.5 Å². The number of hydrogen-bond donors (Lipinski definition) is 2. The minimum Gasteiger partial charge on any atom is -0.383 e. The molecular formula is C19H26N6OS. The van der Waals surface area contributed by atoms with Crippen molar-refractivity contribution in [2.45, 2.75) is 49.1 Å². The zero-order chi connectivity index (χ0) is 19.0. The van der Waals surface area contributed by atoms with Crippen molar-refractivity contribution >= 4 is 29.2 Å². The number of nitrogen functional groups attached to an aromatic ring is 2. The molecule has 0 aromatic carbocycles. The molecule has 8 heteroatoms. The van der Waals surface area contributed by atoms with Gasteiger partial charge in [0.2, 0.25) is 0 Å². The Morgan fingerprint density at radius 1 is 1.22 bits per heavy atom. The van der Waals surface area contributed by atoms with Crippen LogP contribution in [0, 0.1) is 12.3 Å². The minimum atomic E-state index is 0.351. The van der Waals surface area contributed by atoms with Crippen LogP contribution in [0.2, 0.25) is 0 Å². The summed E-state index contributed by atoms with van der Waals surface area (Å²) in [5.74, 6) is 1.82. The van der Waals surface area contributed by atoms with E-state index in [1.165, 1.54) is 18.2 Å². The average molecular weight is 387 g/mol. The summed E-state index contributed by atoms with van der Waals surface area (Å²) in [7, 11) is 0. The quantitative estimate of drug-likeness (QED) is 0.830. The fraction of sp³-hybridized carbons (Fsp3) is 0.526. The van der Waals surface area contributed by atoms with Crippen molar-refractivity contribution in [3.63, 3.8) is 0 Å². The van der Waals surface area contributed by atoms with Crippen molar-refractivity contribution in [2.24, 2.45) is 5.41 Å². The number of aromatic nitrogens is 3. The maximum Gasteiger partial charge on any atom is 0.158 e. The van der Waals surface area contributed by atoms with Crippen molar-refractivity contribution in [3.05, 3.63) is 24.0 Å². The second kappa shape index (κ2) is 7.16. The van der Waals surface area contributed by atoms with Crippen LogP contribution < -0.4 is 16.4 Å². The predicted molar refractivity (Wildman–Crippen MR) is 108 cm³/mol. The number of nitrogens with two attached hydrogens (primary N) is 2. The number of hydrogen-bond acceptors (Lipinski definition) is 8. The first-order valence-corrected chi connectivity index (χ1v) is 10.2. The van der Waals surface area contributed by atoms with Gasteiger partial charge in [0.15, 0.2) is 5.82 Å². The molecule has 0 unspecified atom stereocenters. The van der Waals surface area contributed by atoms with E-state index >= 15 is 0 Å². The van der Waals surface area contributed by atoms with Crippen LogP contribution in [0.5, 0.6) is 0 Å². The van der Waals surface area contributed by atoms with Crippen LogP contribution in [0.25, 0.3) is 0 Å². The smallest absolute Gasteiger partial charge is 0.158 e. The summed E-state index contributed by atoms with van der Waals surface area (Å²) in [6.45, 7) is 6.94. The topological polar surface area (TPSA) is 103 Å². The summed E-state index contributed by atoms with van der Waals surface area (Å²) in [6.07, 6.45) is 7.33. The van der Waals surface area contributed by atoms with Gasteiger partial charge in [-0.05, 0) is 44.6 Å². The molecule has 4 rings (SSSR count). The van der Waals surface area contributed by atoms with E-state index in [1.807, 2.05) is 19.2 Å². The molecule has 0 bridgehead atoms. The zero-order valence-corrected chi connectivity index (χ0v) is 16.6. The minimum absolute atomic E-state index is 0.351. The van der Waals surface area contributed by atoms with E-state index < -0.39 is 0 Å². The van der Waals surface area contributed by atoms with E-state index in [2.05, 4.69) is 26.8 Å². The van der Waals surface area contributed by atoms with Gasteiger partial charge in [-0.15, -0.1) is 0 Å². The third kappa shape index (κ3) is 3.68. The Morgan fingerprint density at radius 3 is 2.67 bits per heavy atom. The van der Waals surface area contributed by atoms with E-state index in [-0.39, 0.29) is 0 Å². The third-order valence-corrected chi connectivity index (χ3v) is 6.86. The molecule has 27 heavy (non-hydrogen) atoms. The molecule has 2 aliphatic rings. The fourth-order valence-electron chi connectivity index (χ4n) is 3.97. The lowest BCUT2D eigenvalue weighted by molar-refractivity contribution is 0.0976. The maximum absolute atomic E-state index is 6.21. The van der Waals surface area contributed by atoms with Gasteiger partial charge in [-0.2, -0.15) is 0 Å². The lowest BCUT2D eigenvalue weighted by Crippen LogP contribution is -2.41. The third-order valence-electron chi connectivity index (χ3n) is 5.69. The normalized spacial score (nSPS) is 21.7. The van der Waals surface area contributed by atoms with Gasteiger partial charge in [0, 0.05) is 29.7 Å². The van der Waals surface area contributed by atoms with E-state index in [0.717, 1.165) is 48.8 Å². The van der Waals surface area contributed by atoms with Crippen molar-refractivity contribution in [2.75, 3.05) is 36.1 Å². The van der Waals surface area contributed by atoms with Gasteiger partial charge in [-0.1, -0.05) is 11.8 Å². The van der Waals surface area contributed by atoms with Crippen molar-refractivity contribution < 1.29 is 4.74 Å². The molecule has 144 valence electrons. The Hall–Kier alpha value is -2.06. The first-order valence-electron chi connectivity index (χ1n) is 9.34. The Morgan fingerprint density at radius 2 is 2.00 bits per heavy atom. The number of piperidine rings is 1. The van der Waals surface area contributed by atoms with Crippen LogP contribution in [-0.2, 0) is 4.74 Å². The van der Waals surface area contributed by atoms with E-state index in [9.17, 15) is 0 Å². The molecule has 2 aromatic rings. The highest BCUT2D eigenvalue weighted by molar-refractivity contribution is 7.99. The maximum atomic E-state index is 6.21. The standard InChI is InChI=1S/C19H26N6OS/c1-12-9-19(11-26-12)4-7-25(8-5-19)15-10-23-18(17(21)24-15)27-14-3-6-22-16(20)13(14)2/h3,6,10,12H,4-5,7-9,11H2,1-2H3,(H2,20,22)(H2,21,24)/t12-/m0/s1. The van der Waals surface area contributed by atoms with E-state index in [1.54, 1.807) is 6.20 Å². The summed E-state index contributed by atoms with van der Waals surface area (Å²) in [4.78, 5) is 16.6. The molecule has 0 saturated carbocycles. The fourth-order valence-corrected chi connectivity index (χ4v) is 4.82. The number of nitrogens with zero attached hydrogens (tertiary/aromatic N) is 4. The van der Waals surface area contributed by atoms with Crippen LogP contribution in [0.3, 0.4) is 0 Å². The van der Waals surface area contributed by atoms with Gasteiger partial charge >= 0.3 is 0 Å². The summed E-state index contributed by atoms with van der Waals surface area (Å²) in [6, 6.07) is 1.92. The summed E-state index contributed by atoms with van der Waals surface area (Å²) in [5, 5.41) is 0.693. The average Bonchev–Trinajstić information content (AvgIpc) is 3.01. The number of pyridine rings is 1. The molecule has 2 fully saturated rings. The molecule has 0 aliphatic carbocycles. The van der Waals surface area contributed by atoms with Gasteiger partial charge in [0.25, 0.3) is 0 Å². The van der Waals surface area contributed by atoms with E-state index in [4.69, 9.17) is 16.2 Å². The van der Waals surface area contributed by atoms with Crippen molar-refractivity contribution in [1.29, 1.82) is 0 Å². The van der Waals surface area contributed by atoms with Gasteiger partial charge in [0.05, 0.1) is 18.9 Å². The largest absolute Gasteiger partial charge is 0.383 e. The molecular weight excluding hydrogens is 360 g/mol.